The number of anilines is 2. The molecule has 134 valence electrons. The maximum atomic E-state index is 11.9. The van der Waals surface area contributed by atoms with E-state index >= 15 is 0 Å². The van der Waals surface area contributed by atoms with Gasteiger partial charge in [-0.3, -0.25) is 4.68 Å². The van der Waals surface area contributed by atoms with Crippen molar-refractivity contribution in [3.63, 3.8) is 0 Å². The van der Waals surface area contributed by atoms with Gasteiger partial charge < -0.3 is 21.1 Å². The lowest BCUT2D eigenvalue weighted by atomic mass is 10.2. The number of rotatable bonds is 6. The van der Waals surface area contributed by atoms with E-state index in [0.29, 0.717) is 24.5 Å². The Morgan fingerprint density at radius 1 is 1.12 bits per heavy atom. The summed E-state index contributed by atoms with van der Waals surface area (Å²) < 4.78 is 6.98. The maximum Gasteiger partial charge on any atom is 0.319 e. The Balaban J connectivity index is 1.49. The summed E-state index contributed by atoms with van der Waals surface area (Å²) in [4.78, 5) is 11.9. The van der Waals surface area contributed by atoms with Crippen LogP contribution < -0.4 is 21.1 Å². The first kappa shape index (κ1) is 17.3. The number of carbonyl (C=O) groups is 1. The Hall–Kier alpha value is -3.48. The van der Waals surface area contributed by atoms with Gasteiger partial charge >= 0.3 is 6.03 Å². The summed E-state index contributed by atoms with van der Waals surface area (Å²) in [5.41, 5.74) is 9.00. The fourth-order valence-electron chi connectivity index (χ4n) is 2.43. The Morgan fingerprint density at radius 2 is 1.85 bits per heavy atom. The highest BCUT2D eigenvalue weighted by Gasteiger charge is 2.04. The molecule has 3 aromatic rings. The van der Waals surface area contributed by atoms with Crippen LogP contribution in [0.15, 0.2) is 60.9 Å². The molecule has 0 fully saturated rings. The van der Waals surface area contributed by atoms with Crippen molar-refractivity contribution in [2.75, 3.05) is 18.2 Å². The molecule has 1 heterocycles. The lowest BCUT2D eigenvalue weighted by Crippen LogP contribution is -2.28. The van der Waals surface area contributed by atoms with Gasteiger partial charge in [-0.2, -0.15) is 5.10 Å². The molecule has 7 nitrogen and oxygen atoms in total. The van der Waals surface area contributed by atoms with E-state index in [1.807, 2.05) is 35.1 Å². The van der Waals surface area contributed by atoms with Crippen LogP contribution in [0.3, 0.4) is 0 Å². The number of urea groups is 1. The van der Waals surface area contributed by atoms with Crippen LogP contribution in [0, 0.1) is 0 Å². The molecule has 0 atom stereocenters. The van der Waals surface area contributed by atoms with Gasteiger partial charge in [0, 0.05) is 29.7 Å². The molecular weight excluding hydrogens is 330 g/mol. The zero-order valence-electron chi connectivity index (χ0n) is 14.5. The number of amides is 2. The number of nitrogens with zero attached hydrogens (tertiary/aromatic N) is 2. The molecule has 0 radical (unpaired) electrons. The van der Waals surface area contributed by atoms with Gasteiger partial charge in [0.15, 0.2) is 0 Å². The largest absolute Gasteiger partial charge is 0.497 e. The van der Waals surface area contributed by atoms with Gasteiger partial charge in [-0.25, -0.2) is 4.79 Å². The summed E-state index contributed by atoms with van der Waals surface area (Å²) in [5.74, 6) is 0.825. The first-order valence-electron chi connectivity index (χ1n) is 8.17. The van der Waals surface area contributed by atoms with E-state index < -0.39 is 0 Å². The number of nitrogens with two attached hydrogens (primary N) is 1. The molecule has 0 spiro atoms. The standard InChI is InChI=1S/C19H21N5O2/c1-26-18-8-2-14(3-9-18)12-24-13-15(11-22-24)10-21-19(25)23-17-6-4-16(20)5-7-17/h2-9,11,13H,10,12,20H2,1H3,(H2,21,23,25). The molecule has 1 aromatic heterocycles. The minimum Gasteiger partial charge on any atom is -0.497 e. The van der Waals surface area contributed by atoms with Gasteiger partial charge in [0.1, 0.15) is 5.75 Å². The van der Waals surface area contributed by atoms with Crippen LogP contribution in [0.2, 0.25) is 0 Å². The normalized spacial score (nSPS) is 10.3. The average molecular weight is 351 g/mol. The molecule has 4 N–H and O–H groups in total. The Labute approximate surface area is 151 Å². The second-order valence-corrected chi connectivity index (χ2v) is 5.82. The van der Waals surface area contributed by atoms with Crippen molar-refractivity contribution in [3.05, 3.63) is 72.1 Å². The van der Waals surface area contributed by atoms with Gasteiger partial charge in [-0.15, -0.1) is 0 Å². The Morgan fingerprint density at radius 3 is 2.54 bits per heavy atom. The molecular formula is C19H21N5O2. The van der Waals surface area contributed by atoms with Crippen LogP contribution in [0.1, 0.15) is 11.1 Å². The number of nitrogens with one attached hydrogen (secondary N) is 2. The van der Waals surface area contributed by atoms with E-state index in [-0.39, 0.29) is 6.03 Å². The van der Waals surface area contributed by atoms with Gasteiger partial charge in [0.05, 0.1) is 19.9 Å². The van der Waals surface area contributed by atoms with E-state index in [0.717, 1.165) is 16.9 Å². The molecule has 2 aromatic carbocycles. The molecule has 7 heteroatoms. The Bertz CT molecular complexity index is 856. The van der Waals surface area contributed by atoms with Crippen molar-refractivity contribution in [1.82, 2.24) is 15.1 Å². The number of nitrogen functional groups attached to an aromatic ring is 1. The Kier molecular flexibility index (Phi) is 5.38. The van der Waals surface area contributed by atoms with Crippen LogP contribution in [0.25, 0.3) is 0 Å². The molecule has 0 aliphatic rings. The molecule has 26 heavy (non-hydrogen) atoms. The van der Waals surface area contributed by atoms with E-state index in [1.165, 1.54) is 0 Å². The summed E-state index contributed by atoms with van der Waals surface area (Å²) in [7, 11) is 1.64. The fourth-order valence-corrected chi connectivity index (χ4v) is 2.43. The molecule has 0 aliphatic heterocycles. The second kappa shape index (κ2) is 8.06. The number of ether oxygens (including phenoxy) is 1. The molecule has 3 rings (SSSR count). The SMILES string of the molecule is COc1ccc(Cn2cc(CNC(=O)Nc3ccc(N)cc3)cn2)cc1. The van der Waals surface area contributed by atoms with Crippen molar-refractivity contribution in [1.29, 1.82) is 0 Å². The quantitative estimate of drug-likeness (QED) is 0.595. The monoisotopic (exact) mass is 351 g/mol. The molecule has 0 aliphatic carbocycles. The first-order valence-corrected chi connectivity index (χ1v) is 8.17. The third-order valence-electron chi connectivity index (χ3n) is 3.81. The number of hydrogen-bond acceptors (Lipinski definition) is 4. The number of aromatic nitrogens is 2. The number of benzene rings is 2. The summed E-state index contributed by atoms with van der Waals surface area (Å²) in [6.45, 7) is 1.05. The molecule has 0 unspecified atom stereocenters. The van der Waals surface area contributed by atoms with Crippen molar-refractivity contribution in [2.24, 2.45) is 0 Å². The van der Waals surface area contributed by atoms with Gasteiger partial charge in [-0.05, 0) is 42.0 Å². The third-order valence-corrected chi connectivity index (χ3v) is 3.81. The highest BCUT2D eigenvalue weighted by atomic mass is 16.5. The highest BCUT2D eigenvalue weighted by molar-refractivity contribution is 5.89. The van der Waals surface area contributed by atoms with Crippen LogP contribution in [-0.4, -0.2) is 22.9 Å². The van der Waals surface area contributed by atoms with Crippen molar-refractivity contribution >= 4 is 17.4 Å². The summed E-state index contributed by atoms with van der Waals surface area (Å²) in [6.07, 6.45) is 3.65. The molecule has 2 amide bonds. The van der Waals surface area contributed by atoms with Crippen molar-refractivity contribution in [2.45, 2.75) is 13.1 Å². The van der Waals surface area contributed by atoms with Crippen LogP contribution >= 0.6 is 0 Å². The lowest BCUT2D eigenvalue weighted by Gasteiger charge is -2.07. The second-order valence-electron chi connectivity index (χ2n) is 5.82. The van der Waals surface area contributed by atoms with E-state index in [9.17, 15) is 4.79 Å². The van der Waals surface area contributed by atoms with Gasteiger partial charge in [-0.1, -0.05) is 12.1 Å². The van der Waals surface area contributed by atoms with Crippen LogP contribution in [0.5, 0.6) is 5.75 Å². The lowest BCUT2D eigenvalue weighted by molar-refractivity contribution is 0.251. The van der Waals surface area contributed by atoms with Crippen LogP contribution in [0.4, 0.5) is 16.2 Å². The van der Waals surface area contributed by atoms with E-state index in [4.69, 9.17) is 10.5 Å². The van der Waals surface area contributed by atoms with Crippen LogP contribution in [-0.2, 0) is 13.1 Å². The summed E-state index contributed by atoms with van der Waals surface area (Å²) in [6, 6.07) is 14.5. The first-order chi connectivity index (χ1) is 12.6. The molecule has 0 saturated carbocycles. The third kappa shape index (κ3) is 4.76. The smallest absolute Gasteiger partial charge is 0.319 e. The minimum absolute atomic E-state index is 0.280. The topological polar surface area (TPSA) is 94.2 Å². The molecule has 0 saturated heterocycles. The summed E-state index contributed by atoms with van der Waals surface area (Å²) >= 11 is 0. The van der Waals surface area contributed by atoms with Gasteiger partial charge in [0.2, 0.25) is 0 Å². The molecule has 0 bridgehead atoms. The van der Waals surface area contributed by atoms with E-state index in [1.54, 1.807) is 37.6 Å². The zero-order valence-corrected chi connectivity index (χ0v) is 14.5. The van der Waals surface area contributed by atoms with Crippen molar-refractivity contribution < 1.29 is 9.53 Å². The predicted octanol–water partition coefficient (Wildman–Crippen LogP) is 2.84. The minimum atomic E-state index is -0.280. The predicted molar refractivity (Wildman–Crippen MR) is 101 cm³/mol. The zero-order chi connectivity index (χ0) is 18.4. The average Bonchev–Trinajstić information content (AvgIpc) is 3.10. The van der Waals surface area contributed by atoms with E-state index in [2.05, 4.69) is 15.7 Å². The number of hydrogen-bond donors (Lipinski definition) is 3. The summed E-state index contributed by atoms with van der Waals surface area (Å²) in [5, 5.41) is 9.88. The fraction of sp³-hybridized carbons (Fsp3) is 0.158. The number of methoxy groups -OCH3 is 1. The van der Waals surface area contributed by atoms with Crippen molar-refractivity contribution in [3.8, 4) is 5.75 Å². The van der Waals surface area contributed by atoms with Gasteiger partial charge in [0.25, 0.3) is 0 Å². The maximum absolute atomic E-state index is 11.9. The number of carbonyl (C=O) groups excluding carboxylic acids is 1. The highest BCUT2D eigenvalue weighted by Crippen LogP contribution is 2.13.